The van der Waals surface area contributed by atoms with E-state index in [4.69, 9.17) is 4.74 Å². The van der Waals surface area contributed by atoms with Gasteiger partial charge in [0, 0.05) is 31.0 Å². The molecule has 0 aliphatic carbocycles. The quantitative estimate of drug-likeness (QED) is 0.806. The molecule has 2 aromatic rings. The number of nitrogens with zero attached hydrogens (tertiary/aromatic N) is 3. The van der Waals surface area contributed by atoms with Crippen molar-refractivity contribution in [1.29, 1.82) is 0 Å². The third kappa shape index (κ3) is 4.43. The van der Waals surface area contributed by atoms with Gasteiger partial charge in [-0.2, -0.15) is 4.37 Å². The Morgan fingerprint density at radius 2 is 2.00 bits per heavy atom. The summed E-state index contributed by atoms with van der Waals surface area (Å²) in [5.41, 5.74) is 1.21. The Hall–Kier alpha value is -1.62. The lowest BCUT2D eigenvalue weighted by Crippen LogP contribution is -2.16. The highest BCUT2D eigenvalue weighted by molar-refractivity contribution is 7.09. The van der Waals surface area contributed by atoms with E-state index in [0.717, 1.165) is 23.3 Å². The molecule has 0 amide bonds. The van der Waals surface area contributed by atoms with Gasteiger partial charge in [-0.1, -0.05) is 26.0 Å². The summed E-state index contributed by atoms with van der Waals surface area (Å²) in [4.78, 5) is 6.70. The second-order valence-corrected chi connectivity index (χ2v) is 6.49. The molecule has 0 N–H and O–H groups in total. The van der Waals surface area contributed by atoms with Crippen LogP contribution in [0.3, 0.4) is 0 Å². The predicted octanol–water partition coefficient (Wildman–Crippen LogP) is 4.09. The molecule has 0 aliphatic rings. The van der Waals surface area contributed by atoms with Gasteiger partial charge in [0.2, 0.25) is 5.13 Å². The Morgan fingerprint density at radius 1 is 1.24 bits per heavy atom. The molecule has 0 bridgehead atoms. The molecule has 4 nitrogen and oxygen atoms in total. The standard InChI is InChI=1S/C16H23N3OS/c1-11(2)15-17-16(21-18-15)19(5)10-13-7-6-8-14(9-13)20-12(3)4/h6-9,11-12H,10H2,1-5H3. The molecule has 0 fully saturated rings. The first-order valence-corrected chi connectivity index (χ1v) is 8.03. The smallest absolute Gasteiger partial charge is 0.205 e. The van der Waals surface area contributed by atoms with Crippen LogP contribution in [0, 0.1) is 0 Å². The van der Waals surface area contributed by atoms with Crippen molar-refractivity contribution in [3.63, 3.8) is 0 Å². The number of aromatic nitrogens is 2. The molecule has 0 radical (unpaired) electrons. The average molecular weight is 305 g/mol. The Labute approximate surface area is 131 Å². The molecular formula is C16H23N3OS. The van der Waals surface area contributed by atoms with E-state index in [9.17, 15) is 0 Å². The van der Waals surface area contributed by atoms with Crippen LogP contribution in [0.1, 0.15) is 45.0 Å². The number of benzene rings is 1. The van der Waals surface area contributed by atoms with Crippen molar-refractivity contribution in [1.82, 2.24) is 9.36 Å². The molecule has 0 saturated heterocycles. The number of hydrogen-bond acceptors (Lipinski definition) is 5. The van der Waals surface area contributed by atoms with Crippen LogP contribution in [0.2, 0.25) is 0 Å². The Balaban J connectivity index is 2.06. The maximum Gasteiger partial charge on any atom is 0.205 e. The van der Waals surface area contributed by atoms with E-state index in [1.165, 1.54) is 17.1 Å². The fraction of sp³-hybridized carbons (Fsp3) is 0.500. The summed E-state index contributed by atoms with van der Waals surface area (Å²) in [7, 11) is 2.04. The number of hydrogen-bond donors (Lipinski definition) is 0. The highest BCUT2D eigenvalue weighted by atomic mass is 32.1. The molecule has 1 heterocycles. The predicted molar refractivity (Wildman–Crippen MR) is 88.3 cm³/mol. The first-order valence-electron chi connectivity index (χ1n) is 7.26. The van der Waals surface area contributed by atoms with Crippen LogP contribution in [0.15, 0.2) is 24.3 Å². The fourth-order valence-electron chi connectivity index (χ4n) is 1.95. The second kappa shape index (κ2) is 6.89. The number of ether oxygens (including phenoxy) is 1. The number of anilines is 1. The van der Waals surface area contributed by atoms with Crippen molar-refractivity contribution >= 4 is 16.7 Å². The molecule has 21 heavy (non-hydrogen) atoms. The minimum atomic E-state index is 0.190. The Kier molecular flexibility index (Phi) is 5.17. The molecular weight excluding hydrogens is 282 g/mol. The minimum absolute atomic E-state index is 0.190. The van der Waals surface area contributed by atoms with Gasteiger partial charge in [0.25, 0.3) is 0 Å². The van der Waals surface area contributed by atoms with Crippen molar-refractivity contribution in [2.24, 2.45) is 0 Å². The van der Waals surface area contributed by atoms with Crippen LogP contribution in [0.5, 0.6) is 5.75 Å². The first kappa shape index (κ1) is 15.8. The summed E-state index contributed by atoms with van der Waals surface area (Å²) < 4.78 is 10.1. The summed E-state index contributed by atoms with van der Waals surface area (Å²) in [5.74, 6) is 2.20. The summed E-state index contributed by atoms with van der Waals surface area (Å²) in [5, 5.41) is 0.953. The van der Waals surface area contributed by atoms with Gasteiger partial charge in [-0.05, 0) is 31.5 Å². The zero-order valence-electron chi connectivity index (χ0n) is 13.3. The zero-order chi connectivity index (χ0) is 15.4. The van der Waals surface area contributed by atoms with Gasteiger partial charge in [-0.3, -0.25) is 0 Å². The van der Waals surface area contributed by atoms with Crippen molar-refractivity contribution in [3.8, 4) is 5.75 Å². The van der Waals surface area contributed by atoms with Crippen LogP contribution < -0.4 is 9.64 Å². The number of rotatable bonds is 6. The monoisotopic (exact) mass is 305 g/mol. The SMILES string of the molecule is CC(C)Oc1cccc(CN(C)c2nc(C(C)C)ns2)c1. The van der Waals surface area contributed by atoms with Crippen LogP contribution in [-0.4, -0.2) is 22.5 Å². The summed E-state index contributed by atoms with van der Waals surface area (Å²) >= 11 is 1.45. The molecule has 2 rings (SSSR count). The van der Waals surface area contributed by atoms with E-state index in [1.807, 2.05) is 33.0 Å². The van der Waals surface area contributed by atoms with E-state index in [0.29, 0.717) is 5.92 Å². The minimum Gasteiger partial charge on any atom is -0.491 e. The molecule has 114 valence electrons. The summed E-state index contributed by atoms with van der Waals surface area (Å²) in [6, 6.07) is 8.21. The third-order valence-corrected chi connectivity index (χ3v) is 3.81. The van der Waals surface area contributed by atoms with Gasteiger partial charge in [0.1, 0.15) is 11.6 Å². The normalized spacial score (nSPS) is 11.2. The van der Waals surface area contributed by atoms with Crippen LogP contribution in [0.25, 0.3) is 0 Å². The molecule has 1 aromatic heterocycles. The van der Waals surface area contributed by atoms with E-state index in [-0.39, 0.29) is 6.10 Å². The highest BCUT2D eigenvalue weighted by Crippen LogP contribution is 2.23. The molecule has 0 aliphatic heterocycles. The van der Waals surface area contributed by atoms with Gasteiger partial charge in [-0.25, -0.2) is 4.98 Å². The molecule has 0 saturated carbocycles. The van der Waals surface area contributed by atoms with Gasteiger partial charge < -0.3 is 9.64 Å². The lowest BCUT2D eigenvalue weighted by atomic mass is 10.2. The zero-order valence-corrected chi connectivity index (χ0v) is 14.1. The average Bonchev–Trinajstić information content (AvgIpc) is 2.88. The lowest BCUT2D eigenvalue weighted by Gasteiger charge is -2.16. The van der Waals surface area contributed by atoms with Gasteiger partial charge in [-0.15, -0.1) is 0 Å². The molecule has 1 aromatic carbocycles. The maximum atomic E-state index is 5.73. The van der Waals surface area contributed by atoms with Crippen molar-refractivity contribution in [2.75, 3.05) is 11.9 Å². The Bertz CT molecular complexity index is 580. The van der Waals surface area contributed by atoms with Crippen LogP contribution in [0.4, 0.5) is 5.13 Å². The van der Waals surface area contributed by atoms with E-state index >= 15 is 0 Å². The van der Waals surface area contributed by atoms with Crippen LogP contribution in [-0.2, 0) is 6.54 Å². The summed E-state index contributed by atoms with van der Waals surface area (Å²) in [6.45, 7) is 9.08. The van der Waals surface area contributed by atoms with Crippen molar-refractivity contribution < 1.29 is 4.74 Å². The van der Waals surface area contributed by atoms with E-state index in [1.54, 1.807) is 0 Å². The molecule has 5 heteroatoms. The van der Waals surface area contributed by atoms with Crippen molar-refractivity contribution in [2.45, 2.75) is 46.3 Å². The Morgan fingerprint density at radius 3 is 2.62 bits per heavy atom. The van der Waals surface area contributed by atoms with E-state index < -0.39 is 0 Å². The lowest BCUT2D eigenvalue weighted by molar-refractivity contribution is 0.242. The van der Waals surface area contributed by atoms with E-state index in [2.05, 4.69) is 40.2 Å². The largest absolute Gasteiger partial charge is 0.491 e. The molecule has 0 spiro atoms. The summed E-state index contributed by atoms with van der Waals surface area (Å²) in [6.07, 6.45) is 0.190. The molecule has 0 atom stereocenters. The van der Waals surface area contributed by atoms with Crippen LogP contribution >= 0.6 is 11.5 Å². The maximum absolute atomic E-state index is 5.73. The van der Waals surface area contributed by atoms with Gasteiger partial charge in [0.05, 0.1) is 6.10 Å². The topological polar surface area (TPSA) is 38.2 Å². The second-order valence-electron chi connectivity index (χ2n) is 5.76. The third-order valence-electron chi connectivity index (χ3n) is 2.96. The van der Waals surface area contributed by atoms with Crippen molar-refractivity contribution in [3.05, 3.63) is 35.7 Å². The first-order chi connectivity index (χ1) is 9.95. The molecule has 0 unspecified atom stereocenters. The highest BCUT2D eigenvalue weighted by Gasteiger charge is 2.11. The van der Waals surface area contributed by atoms with Gasteiger partial charge in [0.15, 0.2) is 0 Å². The van der Waals surface area contributed by atoms with Gasteiger partial charge >= 0.3 is 0 Å². The fourth-order valence-corrected chi connectivity index (χ4v) is 2.71.